The van der Waals surface area contributed by atoms with Gasteiger partial charge in [0, 0.05) is 0 Å². The minimum absolute atomic E-state index is 0.194. The first-order valence-electron chi connectivity index (χ1n) is 4.13. The van der Waals surface area contributed by atoms with Gasteiger partial charge in [0.15, 0.2) is 0 Å². The molecule has 7 N–H and O–H groups in total. The second kappa shape index (κ2) is 6.05. The second-order valence-electron chi connectivity index (χ2n) is 2.82. The summed E-state index contributed by atoms with van der Waals surface area (Å²) in [5.74, 6) is 4.45. The van der Waals surface area contributed by atoms with Gasteiger partial charge < -0.3 is 5.73 Å². The summed E-state index contributed by atoms with van der Waals surface area (Å²) < 4.78 is 21.7. The van der Waals surface area contributed by atoms with Crippen molar-refractivity contribution in [3.8, 4) is 0 Å². The molecule has 0 fully saturated rings. The second-order valence-corrected chi connectivity index (χ2v) is 4.35. The average Bonchev–Trinajstić information content (AvgIpc) is 2.17. The molecule has 0 heterocycles. The molecule has 0 aliphatic rings. The number of aryl methyl sites for hydroxylation is 1. The number of primary sulfonamides is 1. The summed E-state index contributed by atoms with van der Waals surface area (Å²) in [6.07, 6.45) is 0. The van der Waals surface area contributed by atoms with Gasteiger partial charge in [-0.05, 0) is 18.6 Å². The van der Waals surface area contributed by atoms with Gasteiger partial charge in [-0.3, -0.25) is 5.43 Å². The van der Waals surface area contributed by atoms with Gasteiger partial charge in [0.2, 0.25) is 10.0 Å². The van der Waals surface area contributed by atoms with Crippen LogP contribution in [-0.4, -0.2) is 14.4 Å². The molecular formula is C8H14N4O3S. The zero-order valence-corrected chi connectivity index (χ0v) is 9.49. The van der Waals surface area contributed by atoms with Crippen molar-refractivity contribution in [2.24, 2.45) is 16.7 Å². The van der Waals surface area contributed by atoms with Crippen LogP contribution in [0.3, 0.4) is 0 Å². The predicted molar refractivity (Wildman–Crippen MR) is 59.5 cm³/mol. The van der Waals surface area contributed by atoms with E-state index in [4.69, 9.17) is 5.14 Å². The van der Waals surface area contributed by atoms with Gasteiger partial charge in [0.25, 0.3) is 0 Å². The molecule has 8 heteroatoms. The Morgan fingerprint density at radius 2 is 1.75 bits per heavy atom. The summed E-state index contributed by atoms with van der Waals surface area (Å²) in [7, 11) is -3.53. The quantitative estimate of drug-likeness (QED) is 0.291. The number of hydrogen-bond donors (Lipinski definition) is 4. The minimum atomic E-state index is -3.53. The first-order valence-corrected chi connectivity index (χ1v) is 5.68. The van der Waals surface area contributed by atoms with Gasteiger partial charge in [0.1, 0.15) is 0 Å². The van der Waals surface area contributed by atoms with E-state index in [0.717, 1.165) is 0 Å². The Bertz CT molecular complexity index is 458. The smallest absolute Gasteiger partial charge is 0.326 e. The molecule has 16 heavy (non-hydrogen) atoms. The van der Waals surface area contributed by atoms with E-state index >= 15 is 0 Å². The number of amides is 2. The molecule has 2 amide bonds. The van der Waals surface area contributed by atoms with E-state index in [2.05, 4.69) is 11.6 Å². The Balaban J connectivity index is 0.000000385. The maximum Gasteiger partial charge on any atom is 0.326 e. The van der Waals surface area contributed by atoms with E-state index in [1.54, 1.807) is 30.5 Å². The molecule has 0 unspecified atom stereocenters. The number of hydrazine groups is 1. The molecule has 1 aromatic carbocycles. The first kappa shape index (κ1) is 14.4. The van der Waals surface area contributed by atoms with E-state index in [-0.39, 0.29) is 4.90 Å². The van der Waals surface area contributed by atoms with Crippen LogP contribution in [0.25, 0.3) is 0 Å². The van der Waals surface area contributed by atoms with Crippen LogP contribution in [0.2, 0.25) is 0 Å². The molecule has 0 radical (unpaired) electrons. The number of rotatable bonds is 1. The largest absolute Gasteiger partial charge is 0.351 e. The molecule has 7 nitrogen and oxygen atoms in total. The number of primary amides is 1. The van der Waals surface area contributed by atoms with Crippen molar-refractivity contribution < 1.29 is 13.2 Å². The van der Waals surface area contributed by atoms with Crippen LogP contribution in [0.5, 0.6) is 0 Å². The zero-order chi connectivity index (χ0) is 12.8. The lowest BCUT2D eigenvalue weighted by atomic mass is 10.2. The molecule has 0 spiro atoms. The molecule has 0 aromatic heterocycles. The molecule has 0 saturated heterocycles. The summed E-state index contributed by atoms with van der Waals surface area (Å²) in [6, 6.07) is 5.89. The van der Waals surface area contributed by atoms with E-state index in [1.807, 2.05) is 0 Å². The fourth-order valence-corrected chi connectivity index (χ4v) is 1.66. The summed E-state index contributed by atoms with van der Waals surface area (Å²) >= 11 is 0. The number of sulfonamides is 1. The summed E-state index contributed by atoms with van der Waals surface area (Å²) in [5, 5.41) is 4.93. The molecule has 90 valence electrons. The number of carbonyl (C=O) groups is 1. The summed E-state index contributed by atoms with van der Waals surface area (Å²) in [5.41, 5.74) is 6.76. The third-order valence-corrected chi connectivity index (χ3v) is 2.61. The van der Waals surface area contributed by atoms with Crippen molar-refractivity contribution in [2.75, 3.05) is 0 Å². The molecule has 0 aliphatic carbocycles. The molecule has 0 saturated carbocycles. The van der Waals surface area contributed by atoms with E-state index in [0.29, 0.717) is 5.56 Å². The number of carbonyl (C=O) groups excluding carboxylic acids is 1. The number of urea groups is 1. The van der Waals surface area contributed by atoms with Gasteiger partial charge in [-0.1, -0.05) is 18.2 Å². The Hall–Kier alpha value is -1.64. The monoisotopic (exact) mass is 246 g/mol. The van der Waals surface area contributed by atoms with Crippen molar-refractivity contribution in [3.63, 3.8) is 0 Å². The highest BCUT2D eigenvalue weighted by molar-refractivity contribution is 7.89. The van der Waals surface area contributed by atoms with Crippen molar-refractivity contribution in [3.05, 3.63) is 29.8 Å². The van der Waals surface area contributed by atoms with Gasteiger partial charge in [-0.2, -0.15) is 0 Å². The maximum absolute atomic E-state index is 10.8. The molecule has 0 atom stereocenters. The number of nitrogens with two attached hydrogens (primary N) is 3. The van der Waals surface area contributed by atoms with E-state index in [9.17, 15) is 13.2 Å². The van der Waals surface area contributed by atoms with Crippen LogP contribution in [0, 0.1) is 6.92 Å². The van der Waals surface area contributed by atoms with Crippen LogP contribution < -0.4 is 22.1 Å². The maximum atomic E-state index is 10.8. The van der Waals surface area contributed by atoms with Crippen molar-refractivity contribution in [2.45, 2.75) is 11.8 Å². The third-order valence-electron chi connectivity index (χ3n) is 1.54. The zero-order valence-electron chi connectivity index (χ0n) is 8.67. The van der Waals surface area contributed by atoms with Gasteiger partial charge in [0.05, 0.1) is 4.90 Å². The third kappa shape index (κ3) is 5.29. The highest BCUT2D eigenvalue weighted by Crippen LogP contribution is 2.10. The molecule has 0 aliphatic heterocycles. The lowest BCUT2D eigenvalue weighted by molar-refractivity contribution is 0.249. The van der Waals surface area contributed by atoms with Crippen molar-refractivity contribution in [1.29, 1.82) is 0 Å². The van der Waals surface area contributed by atoms with Crippen LogP contribution in [0.1, 0.15) is 5.56 Å². The molecule has 1 aromatic rings. The Morgan fingerprint density at radius 3 is 2.00 bits per heavy atom. The highest BCUT2D eigenvalue weighted by atomic mass is 32.2. The fourth-order valence-electron chi connectivity index (χ4n) is 0.876. The standard InChI is InChI=1S/C7H9NO2S.CH5N3O/c1-6-4-2-3-5-7(6)11(8,9)10;2-1(5)4-3/h2-5H,1H3,(H2,8,9,10);3H2,(H3,2,4,5). The Kier molecular flexibility index (Phi) is 5.43. The Morgan fingerprint density at radius 1 is 1.31 bits per heavy atom. The molecule has 0 bridgehead atoms. The predicted octanol–water partition coefficient (Wildman–Crippen LogP) is -0.829. The lowest BCUT2D eigenvalue weighted by Crippen LogP contribution is -2.34. The number of nitrogens with one attached hydrogen (secondary N) is 1. The fraction of sp³-hybridized carbons (Fsp3) is 0.125. The molecular weight excluding hydrogens is 232 g/mol. The van der Waals surface area contributed by atoms with Gasteiger partial charge >= 0.3 is 6.03 Å². The summed E-state index contributed by atoms with van der Waals surface area (Å²) in [4.78, 5) is 9.55. The number of hydrogen-bond acceptors (Lipinski definition) is 4. The summed E-state index contributed by atoms with van der Waals surface area (Å²) in [6.45, 7) is 1.71. The normalized spacial score (nSPS) is 9.94. The van der Waals surface area contributed by atoms with Gasteiger partial charge in [-0.15, -0.1) is 0 Å². The van der Waals surface area contributed by atoms with E-state index < -0.39 is 16.1 Å². The topological polar surface area (TPSA) is 141 Å². The Labute approximate surface area is 93.6 Å². The van der Waals surface area contributed by atoms with E-state index in [1.165, 1.54) is 6.07 Å². The van der Waals surface area contributed by atoms with Crippen molar-refractivity contribution in [1.82, 2.24) is 5.43 Å². The van der Waals surface area contributed by atoms with Gasteiger partial charge in [-0.25, -0.2) is 24.2 Å². The molecule has 1 rings (SSSR count). The van der Waals surface area contributed by atoms with Crippen LogP contribution in [0.4, 0.5) is 4.79 Å². The average molecular weight is 246 g/mol. The SMILES string of the molecule is Cc1ccccc1S(N)(=O)=O.NNC(N)=O. The number of benzene rings is 1. The lowest BCUT2D eigenvalue weighted by Gasteiger charge is -2.00. The van der Waals surface area contributed by atoms with Crippen LogP contribution in [-0.2, 0) is 10.0 Å². The van der Waals surface area contributed by atoms with Crippen molar-refractivity contribution >= 4 is 16.1 Å². The minimum Gasteiger partial charge on any atom is -0.351 e. The highest BCUT2D eigenvalue weighted by Gasteiger charge is 2.08. The van der Waals surface area contributed by atoms with Crippen LogP contribution >= 0.6 is 0 Å². The first-order chi connectivity index (χ1) is 7.29. The van der Waals surface area contributed by atoms with Crippen LogP contribution in [0.15, 0.2) is 29.2 Å².